The molecule has 13 heavy (non-hydrogen) atoms. The minimum atomic E-state index is -2.43. The van der Waals surface area contributed by atoms with Gasteiger partial charge in [-0.05, 0) is 12.5 Å². The van der Waals surface area contributed by atoms with Crippen LogP contribution in [-0.2, 0) is 7.05 Å². The molecule has 1 heterocycles. The highest BCUT2D eigenvalue weighted by atomic mass is 19.3. The van der Waals surface area contributed by atoms with Crippen LogP contribution in [0.15, 0.2) is 6.20 Å². The van der Waals surface area contributed by atoms with Crippen molar-refractivity contribution in [3.8, 4) is 0 Å². The Bertz CT molecular complexity index is 263. The molecular weight excluding hydrogens is 176 g/mol. The van der Waals surface area contributed by atoms with Gasteiger partial charge in [-0.3, -0.25) is 4.68 Å². The van der Waals surface area contributed by atoms with Gasteiger partial charge in [0, 0.05) is 13.6 Å². The van der Waals surface area contributed by atoms with E-state index in [9.17, 15) is 8.78 Å². The highest BCUT2D eigenvalue weighted by Crippen LogP contribution is 2.24. The lowest BCUT2D eigenvalue weighted by Crippen LogP contribution is -2.23. The molecule has 0 aliphatic rings. The van der Waals surface area contributed by atoms with Crippen LogP contribution in [0.3, 0.4) is 0 Å². The van der Waals surface area contributed by atoms with E-state index >= 15 is 0 Å². The zero-order valence-corrected chi connectivity index (χ0v) is 7.67. The lowest BCUT2D eigenvalue weighted by molar-refractivity contribution is 0.113. The fourth-order valence-electron chi connectivity index (χ4n) is 1.42. The molecular formula is C8H13F2N3. The predicted octanol–water partition coefficient (Wildman–Crippen LogP) is 1.04. The standard InChI is InChI=1S/C8H13F2N3/c1-5-4-12-13(2)7(5)6(3-11)8(9)10/h4,6,8H,3,11H2,1-2H3. The van der Waals surface area contributed by atoms with Gasteiger partial charge in [0.2, 0.25) is 6.43 Å². The Kier molecular flexibility index (Phi) is 2.98. The van der Waals surface area contributed by atoms with Crippen molar-refractivity contribution in [3.05, 3.63) is 17.5 Å². The maximum absolute atomic E-state index is 12.5. The normalized spacial score (nSPS) is 13.7. The van der Waals surface area contributed by atoms with Crippen molar-refractivity contribution in [2.24, 2.45) is 12.8 Å². The van der Waals surface area contributed by atoms with E-state index in [4.69, 9.17) is 5.73 Å². The smallest absolute Gasteiger partial charge is 0.248 e. The van der Waals surface area contributed by atoms with E-state index in [-0.39, 0.29) is 6.54 Å². The van der Waals surface area contributed by atoms with Crippen LogP contribution in [-0.4, -0.2) is 22.8 Å². The first-order valence-corrected chi connectivity index (χ1v) is 4.04. The molecule has 0 aliphatic carbocycles. The molecule has 0 radical (unpaired) electrons. The monoisotopic (exact) mass is 189 g/mol. The van der Waals surface area contributed by atoms with Crippen LogP contribution in [0.1, 0.15) is 17.2 Å². The van der Waals surface area contributed by atoms with Gasteiger partial charge in [0.05, 0.1) is 17.8 Å². The van der Waals surface area contributed by atoms with Gasteiger partial charge in [0.1, 0.15) is 0 Å². The van der Waals surface area contributed by atoms with Gasteiger partial charge in [-0.1, -0.05) is 0 Å². The van der Waals surface area contributed by atoms with Gasteiger partial charge in [-0.25, -0.2) is 8.78 Å². The van der Waals surface area contributed by atoms with Gasteiger partial charge in [-0.2, -0.15) is 5.10 Å². The number of aromatic nitrogens is 2. The second-order valence-corrected chi connectivity index (χ2v) is 3.01. The largest absolute Gasteiger partial charge is 0.330 e. The average molecular weight is 189 g/mol. The topological polar surface area (TPSA) is 43.8 Å². The number of nitrogens with two attached hydrogens (primary N) is 1. The van der Waals surface area contributed by atoms with Gasteiger partial charge < -0.3 is 5.73 Å². The number of hydrogen-bond acceptors (Lipinski definition) is 2. The van der Waals surface area contributed by atoms with Crippen LogP contribution in [0.2, 0.25) is 0 Å². The molecule has 1 rings (SSSR count). The molecule has 0 fully saturated rings. The summed E-state index contributed by atoms with van der Waals surface area (Å²) in [6, 6.07) is 0. The zero-order chi connectivity index (χ0) is 10.0. The minimum Gasteiger partial charge on any atom is -0.330 e. The van der Waals surface area contributed by atoms with Crippen molar-refractivity contribution in [1.29, 1.82) is 0 Å². The number of rotatable bonds is 3. The summed E-state index contributed by atoms with van der Waals surface area (Å²) in [7, 11) is 1.65. The Morgan fingerprint density at radius 3 is 2.54 bits per heavy atom. The summed E-state index contributed by atoms with van der Waals surface area (Å²) in [6.45, 7) is 1.70. The highest BCUT2D eigenvalue weighted by Gasteiger charge is 2.25. The Morgan fingerprint density at radius 1 is 1.62 bits per heavy atom. The molecule has 0 spiro atoms. The van der Waals surface area contributed by atoms with Crippen molar-refractivity contribution in [2.75, 3.05) is 6.54 Å². The summed E-state index contributed by atoms with van der Waals surface area (Å²) in [5.74, 6) is -0.910. The van der Waals surface area contributed by atoms with Crippen LogP contribution >= 0.6 is 0 Å². The molecule has 0 saturated carbocycles. The molecule has 2 N–H and O–H groups in total. The average Bonchev–Trinajstić information content (AvgIpc) is 2.36. The van der Waals surface area contributed by atoms with Gasteiger partial charge >= 0.3 is 0 Å². The maximum Gasteiger partial charge on any atom is 0.248 e. The molecule has 0 aliphatic heterocycles. The summed E-state index contributed by atoms with van der Waals surface area (Å²) in [5, 5.41) is 3.90. The minimum absolute atomic E-state index is 0.0575. The summed E-state index contributed by atoms with van der Waals surface area (Å²) in [4.78, 5) is 0. The number of hydrogen-bond donors (Lipinski definition) is 1. The Labute approximate surface area is 75.5 Å². The number of aryl methyl sites for hydroxylation is 2. The van der Waals surface area contributed by atoms with E-state index in [1.54, 1.807) is 20.2 Å². The lowest BCUT2D eigenvalue weighted by Gasteiger charge is -2.14. The van der Waals surface area contributed by atoms with Gasteiger partial charge in [0.25, 0.3) is 0 Å². The molecule has 3 nitrogen and oxygen atoms in total. The fourth-order valence-corrected chi connectivity index (χ4v) is 1.42. The van der Waals surface area contributed by atoms with Crippen molar-refractivity contribution < 1.29 is 8.78 Å². The first-order chi connectivity index (χ1) is 6.07. The Balaban J connectivity index is 3.03. The predicted molar refractivity (Wildman–Crippen MR) is 45.7 cm³/mol. The van der Waals surface area contributed by atoms with Crippen molar-refractivity contribution in [2.45, 2.75) is 19.3 Å². The lowest BCUT2D eigenvalue weighted by atomic mass is 10.0. The van der Waals surface area contributed by atoms with E-state index in [0.717, 1.165) is 5.56 Å². The highest BCUT2D eigenvalue weighted by molar-refractivity contribution is 5.21. The summed E-state index contributed by atoms with van der Waals surface area (Å²) < 4.78 is 26.5. The SMILES string of the molecule is Cc1cnn(C)c1C(CN)C(F)F. The number of halogens is 2. The molecule has 0 aromatic carbocycles. The summed E-state index contributed by atoms with van der Waals surface area (Å²) in [5.41, 5.74) is 6.57. The molecule has 1 unspecified atom stereocenters. The molecule has 1 atom stereocenters. The van der Waals surface area contributed by atoms with Crippen molar-refractivity contribution in [1.82, 2.24) is 9.78 Å². The zero-order valence-electron chi connectivity index (χ0n) is 7.67. The van der Waals surface area contributed by atoms with Crippen LogP contribution in [0.4, 0.5) is 8.78 Å². The van der Waals surface area contributed by atoms with Crippen molar-refractivity contribution in [3.63, 3.8) is 0 Å². The summed E-state index contributed by atoms with van der Waals surface area (Å²) >= 11 is 0. The van der Waals surface area contributed by atoms with Crippen LogP contribution < -0.4 is 5.73 Å². The third kappa shape index (κ3) is 1.85. The van der Waals surface area contributed by atoms with Crippen molar-refractivity contribution >= 4 is 0 Å². The number of nitrogens with zero attached hydrogens (tertiary/aromatic N) is 2. The molecule has 1 aromatic heterocycles. The second kappa shape index (κ2) is 3.83. The van der Waals surface area contributed by atoms with E-state index in [1.807, 2.05) is 0 Å². The molecule has 74 valence electrons. The van der Waals surface area contributed by atoms with E-state index in [1.165, 1.54) is 4.68 Å². The third-order valence-corrected chi connectivity index (χ3v) is 2.09. The van der Waals surface area contributed by atoms with Crippen LogP contribution in [0, 0.1) is 6.92 Å². The van der Waals surface area contributed by atoms with E-state index in [0.29, 0.717) is 5.69 Å². The molecule has 0 bridgehead atoms. The summed E-state index contributed by atoms with van der Waals surface area (Å²) in [6.07, 6.45) is -0.862. The maximum atomic E-state index is 12.5. The van der Waals surface area contributed by atoms with E-state index < -0.39 is 12.3 Å². The van der Waals surface area contributed by atoms with Crippen LogP contribution in [0.5, 0.6) is 0 Å². The Morgan fingerprint density at radius 2 is 2.23 bits per heavy atom. The van der Waals surface area contributed by atoms with Gasteiger partial charge in [0.15, 0.2) is 0 Å². The quantitative estimate of drug-likeness (QED) is 0.772. The second-order valence-electron chi connectivity index (χ2n) is 3.01. The van der Waals surface area contributed by atoms with Gasteiger partial charge in [-0.15, -0.1) is 0 Å². The number of alkyl halides is 2. The molecule has 5 heteroatoms. The first-order valence-electron chi connectivity index (χ1n) is 4.04. The van der Waals surface area contributed by atoms with E-state index in [2.05, 4.69) is 5.10 Å². The van der Waals surface area contributed by atoms with Crippen LogP contribution in [0.25, 0.3) is 0 Å². The Hall–Kier alpha value is -0.970. The molecule has 1 aromatic rings. The molecule has 0 amide bonds. The first kappa shape index (κ1) is 10.1. The molecule has 0 saturated heterocycles. The third-order valence-electron chi connectivity index (χ3n) is 2.09. The fraction of sp³-hybridized carbons (Fsp3) is 0.625.